The fourth-order valence-electron chi connectivity index (χ4n) is 1.08. The molecule has 1 rings (SSSR count). The number of nitro groups is 1. The second-order valence-electron chi connectivity index (χ2n) is 2.90. The third-order valence-corrected chi connectivity index (χ3v) is 3.41. The van der Waals surface area contributed by atoms with Crippen LogP contribution >= 0.6 is 0 Å². The van der Waals surface area contributed by atoms with Crippen molar-refractivity contribution in [3.8, 4) is 0 Å². The van der Waals surface area contributed by atoms with Gasteiger partial charge in [0.2, 0.25) is 0 Å². The zero-order chi connectivity index (χ0) is 12.3. The van der Waals surface area contributed by atoms with Gasteiger partial charge in [-0.15, -0.1) is 6.58 Å². The van der Waals surface area contributed by atoms with Crippen LogP contribution in [0.4, 0.5) is 11.5 Å². The second kappa shape index (κ2) is 4.27. The first-order valence-electron chi connectivity index (χ1n) is 4.12. The van der Waals surface area contributed by atoms with Crippen LogP contribution in [0.25, 0.3) is 0 Å². The van der Waals surface area contributed by atoms with Crippen LogP contribution in [-0.2, 0) is 9.84 Å². The first kappa shape index (κ1) is 12.1. The smallest absolute Gasteiger partial charge is 0.306 e. The largest absolute Gasteiger partial charge is 0.384 e. The zero-order valence-corrected chi connectivity index (χ0v) is 8.98. The Morgan fingerprint density at radius 2 is 2.25 bits per heavy atom. The fraction of sp³-hybridized carbons (Fsp3) is 0.125. The number of hydrogen-bond donors (Lipinski definition) is 1. The van der Waals surface area contributed by atoms with Gasteiger partial charge in [-0.2, -0.15) is 0 Å². The van der Waals surface area contributed by atoms with E-state index in [0.717, 1.165) is 18.3 Å². The molecule has 0 saturated heterocycles. The Morgan fingerprint density at radius 3 is 2.75 bits per heavy atom. The lowest BCUT2D eigenvalue weighted by Gasteiger charge is -2.03. The van der Waals surface area contributed by atoms with E-state index in [-0.39, 0.29) is 5.82 Å². The molecule has 0 aliphatic heterocycles. The van der Waals surface area contributed by atoms with Crippen molar-refractivity contribution < 1.29 is 13.3 Å². The number of hydrogen-bond acceptors (Lipinski definition) is 6. The highest BCUT2D eigenvalue weighted by Gasteiger charge is 2.25. The lowest BCUT2D eigenvalue weighted by Crippen LogP contribution is -2.09. The summed E-state index contributed by atoms with van der Waals surface area (Å²) in [7, 11) is -3.79. The first-order chi connectivity index (χ1) is 7.38. The molecule has 0 fully saturated rings. The van der Waals surface area contributed by atoms with Gasteiger partial charge in [0, 0.05) is 6.07 Å². The predicted molar refractivity (Wildman–Crippen MR) is 57.6 cm³/mol. The molecule has 1 aromatic heterocycles. The van der Waals surface area contributed by atoms with Crippen molar-refractivity contribution in [1.29, 1.82) is 0 Å². The van der Waals surface area contributed by atoms with Gasteiger partial charge >= 0.3 is 5.69 Å². The molecule has 86 valence electrons. The topological polar surface area (TPSA) is 116 Å². The summed E-state index contributed by atoms with van der Waals surface area (Å²) < 4.78 is 23.3. The van der Waals surface area contributed by atoms with Crippen molar-refractivity contribution >= 4 is 21.3 Å². The molecule has 0 atom stereocenters. The average Bonchev–Trinajstić information content (AvgIpc) is 2.17. The zero-order valence-electron chi connectivity index (χ0n) is 8.16. The van der Waals surface area contributed by atoms with Crippen molar-refractivity contribution in [3.63, 3.8) is 0 Å². The quantitative estimate of drug-likeness (QED) is 0.468. The summed E-state index contributed by atoms with van der Waals surface area (Å²) in [6.45, 7) is 3.27. The highest BCUT2D eigenvalue weighted by atomic mass is 32.2. The lowest BCUT2D eigenvalue weighted by molar-refractivity contribution is -0.388. The summed E-state index contributed by atoms with van der Waals surface area (Å²) in [5.74, 6) is -0.481. The van der Waals surface area contributed by atoms with E-state index >= 15 is 0 Å². The molecule has 1 aromatic rings. The Balaban J connectivity index is 3.47. The van der Waals surface area contributed by atoms with E-state index in [1.807, 2.05) is 0 Å². The third kappa shape index (κ3) is 2.34. The number of nitrogens with two attached hydrogens (primary N) is 1. The van der Waals surface area contributed by atoms with Gasteiger partial charge < -0.3 is 5.73 Å². The molecule has 0 aliphatic carbocycles. The third-order valence-electron chi connectivity index (χ3n) is 1.74. The molecule has 0 unspecified atom stereocenters. The Hall–Kier alpha value is -1.96. The van der Waals surface area contributed by atoms with E-state index in [2.05, 4.69) is 11.6 Å². The Labute approximate surface area is 91.7 Å². The summed E-state index contributed by atoms with van der Waals surface area (Å²) in [4.78, 5) is 12.8. The van der Waals surface area contributed by atoms with Gasteiger partial charge in [0.05, 0.1) is 10.7 Å². The van der Waals surface area contributed by atoms with E-state index in [1.165, 1.54) is 0 Å². The number of rotatable bonds is 4. The van der Waals surface area contributed by atoms with Gasteiger partial charge in [-0.3, -0.25) is 10.1 Å². The molecule has 16 heavy (non-hydrogen) atoms. The molecule has 8 heteroatoms. The Morgan fingerprint density at radius 1 is 1.62 bits per heavy atom. The number of nitrogen functional groups attached to an aromatic ring is 1. The summed E-state index contributed by atoms with van der Waals surface area (Å²) in [6.07, 6.45) is 1.97. The lowest BCUT2D eigenvalue weighted by atomic mass is 10.4. The van der Waals surface area contributed by atoms with Crippen LogP contribution in [0, 0.1) is 10.1 Å². The second-order valence-corrected chi connectivity index (χ2v) is 4.91. The monoisotopic (exact) mass is 243 g/mol. The van der Waals surface area contributed by atoms with Crippen LogP contribution in [0.15, 0.2) is 29.8 Å². The molecule has 0 aliphatic rings. The number of nitrogens with zero attached hydrogens (tertiary/aromatic N) is 2. The van der Waals surface area contributed by atoms with Gasteiger partial charge in [-0.05, 0) is 0 Å². The van der Waals surface area contributed by atoms with Crippen LogP contribution in [0.3, 0.4) is 0 Å². The van der Waals surface area contributed by atoms with Crippen LogP contribution < -0.4 is 5.73 Å². The van der Waals surface area contributed by atoms with E-state index in [0.29, 0.717) is 0 Å². The molecule has 0 spiro atoms. The van der Waals surface area contributed by atoms with Crippen molar-refractivity contribution in [1.82, 2.24) is 4.98 Å². The molecular formula is C8H9N3O4S. The molecule has 0 aromatic carbocycles. The van der Waals surface area contributed by atoms with E-state index < -0.39 is 31.1 Å². The maximum Gasteiger partial charge on any atom is 0.306 e. The normalized spacial score (nSPS) is 11.0. The number of anilines is 1. The van der Waals surface area contributed by atoms with Crippen molar-refractivity contribution in [2.45, 2.75) is 4.90 Å². The van der Waals surface area contributed by atoms with Gasteiger partial charge in [0.25, 0.3) is 0 Å². The SMILES string of the molecule is C=CCS(=O)(=O)c1cc(N)ncc1[N+](=O)[O-]. The van der Waals surface area contributed by atoms with Gasteiger partial charge in [0.1, 0.15) is 16.9 Å². The van der Waals surface area contributed by atoms with Crippen LogP contribution in [0.5, 0.6) is 0 Å². The predicted octanol–water partition coefficient (Wildman–Crippen LogP) is 0.532. The maximum atomic E-state index is 11.7. The number of aromatic nitrogens is 1. The average molecular weight is 243 g/mol. The highest BCUT2D eigenvalue weighted by molar-refractivity contribution is 7.91. The summed E-state index contributed by atoms with van der Waals surface area (Å²) >= 11 is 0. The van der Waals surface area contributed by atoms with Crippen molar-refractivity contribution in [2.75, 3.05) is 11.5 Å². The Bertz CT molecular complexity index is 538. The standard InChI is InChI=1S/C8H9N3O4S/c1-2-3-16(14,15)7-4-8(9)10-5-6(7)11(12)13/h2,4-5H,1,3H2,(H2,9,10). The number of pyridine rings is 1. The molecule has 0 amide bonds. The minimum absolute atomic E-state index is 0.0896. The highest BCUT2D eigenvalue weighted by Crippen LogP contribution is 2.25. The van der Waals surface area contributed by atoms with Gasteiger partial charge in [0.15, 0.2) is 9.84 Å². The first-order valence-corrected chi connectivity index (χ1v) is 5.77. The van der Waals surface area contributed by atoms with Gasteiger partial charge in [-0.25, -0.2) is 13.4 Å². The molecule has 2 N–H and O–H groups in total. The summed E-state index contributed by atoms with van der Waals surface area (Å²) in [5, 5.41) is 10.6. The minimum Gasteiger partial charge on any atom is -0.384 e. The molecule has 0 bridgehead atoms. The summed E-state index contributed by atoms with van der Waals surface area (Å²) in [5.41, 5.74) is 4.71. The maximum absolute atomic E-state index is 11.7. The van der Waals surface area contributed by atoms with Gasteiger partial charge in [-0.1, -0.05) is 6.08 Å². The van der Waals surface area contributed by atoms with Crippen LogP contribution in [-0.4, -0.2) is 24.1 Å². The van der Waals surface area contributed by atoms with Crippen molar-refractivity contribution in [2.24, 2.45) is 0 Å². The molecule has 0 radical (unpaired) electrons. The van der Waals surface area contributed by atoms with E-state index in [1.54, 1.807) is 0 Å². The fourth-order valence-corrected chi connectivity index (χ4v) is 2.31. The molecule has 7 nitrogen and oxygen atoms in total. The van der Waals surface area contributed by atoms with Crippen LogP contribution in [0.1, 0.15) is 0 Å². The summed E-state index contributed by atoms with van der Waals surface area (Å²) in [6, 6.07) is 0.969. The van der Waals surface area contributed by atoms with E-state index in [9.17, 15) is 18.5 Å². The number of sulfone groups is 1. The molecule has 0 saturated carbocycles. The van der Waals surface area contributed by atoms with Crippen LogP contribution in [0.2, 0.25) is 0 Å². The minimum atomic E-state index is -3.79. The molecule has 1 heterocycles. The van der Waals surface area contributed by atoms with E-state index in [4.69, 9.17) is 5.73 Å². The Kier molecular flexibility index (Phi) is 3.23. The van der Waals surface area contributed by atoms with Crippen molar-refractivity contribution in [3.05, 3.63) is 35.0 Å². The molecular weight excluding hydrogens is 234 g/mol.